The Morgan fingerprint density at radius 3 is 2.65 bits per heavy atom. The van der Waals surface area contributed by atoms with E-state index < -0.39 is 6.04 Å². The van der Waals surface area contributed by atoms with Crippen LogP contribution in [-0.2, 0) is 9.53 Å². The molecule has 0 saturated carbocycles. The quantitative estimate of drug-likeness (QED) is 0.885. The molecule has 1 aromatic carbocycles. The first-order valence-electron chi connectivity index (χ1n) is 6.26. The zero-order valence-electron chi connectivity index (χ0n) is 11.3. The molecule has 1 unspecified atom stereocenters. The first-order valence-corrected chi connectivity index (χ1v) is 6.26. The summed E-state index contributed by atoms with van der Waals surface area (Å²) < 4.78 is 18.8. The Morgan fingerprint density at radius 2 is 2.05 bits per heavy atom. The molecule has 1 atom stereocenters. The van der Waals surface area contributed by atoms with E-state index in [0.717, 1.165) is 5.69 Å². The van der Waals surface area contributed by atoms with Gasteiger partial charge in [-0.15, -0.1) is 12.4 Å². The number of rotatable bonds is 3. The van der Waals surface area contributed by atoms with Crippen molar-refractivity contribution in [3.63, 3.8) is 0 Å². The van der Waals surface area contributed by atoms with Gasteiger partial charge in [-0.1, -0.05) is 0 Å². The highest BCUT2D eigenvalue weighted by Crippen LogP contribution is 2.22. The van der Waals surface area contributed by atoms with Gasteiger partial charge in [0.1, 0.15) is 5.82 Å². The number of nitrogens with zero attached hydrogens (tertiary/aromatic N) is 1. The maximum atomic E-state index is 13.6. The van der Waals surface area contributed by atoms with Crippen LogP contribution >= 0.6 is 12.4 Å². The maximum absolute atomic E-state index is 13.6. The van der Waals surface area contributed by atoms with Crippen LogP contribution in [0.5, 0.6) is 0 Å². The molecule has 1 heterocycles. The predicted octanol–water partition coefficient (Wildman–Crippen LogP) is 1.37. The molecule has 0 aliphatic carbocycles. The molecule has 1 aliphatic rings. The van der Waals surface area contributed by atoms with Crippen LogP contribution in [0, 0.1) is 5.82 Å². The van der Waals surface area contributed by atoms with Gasteiger partial charge >= 0.3 is 0 Å². The summed E-state index contributed by atoms with van der Waals surface area (Å²) in [6.07, 6.45) is 0. The Balaban J connectivity index is 0.00000200. The van der Waals surface area contributed by atoms with E-state index in [1.54, 1.807) is 13.0 Å². The van der Waals surface area contributed by atoms with E-state index >= 15 is 0 Å². The van der Waals surface area contributed by atoms with Crippen LogP contribution in [0.25, 0.3) is 0 Å². The lowest BCUT2D eigenvalue weighted by Crippen LogP contribution is -2.36. The second-order valence-corrected chi connectivity index (χ2v) is 4.58. The molecule has 0 radical (unpaired) electrons. The van der Waals surface area contributed by atoms with Gasteiger partial charge in [0.2, 0.25) is 5.91 Å². The third kappa shape index (κ3) is 4.33. The molecule has 112 valence electrons. The molecule has 7 heteroatoms. The monoisotopic (exact) mass is 303 g/mol. The summed E-state index contributed by atoms with van der Waals surface area (Å²) in [5.74, 6) is -0.720. The van der Waals surface area contributed by atoms with Gasteiger partial charge in [0.05, 0.1) is 19.3 Å². The largest absolute Gasteiger partial charge is 0.378 e. The van der Waals surface area contributed by atoms with Crippen LogP contribution < -0.4 is 16.0 Å². The second kappa shape index (κ2) is 7.42. The van der Waals surface area contributed by atoms with Crippen LogP contribution in [0.4, 0.5) is 15.8 Å². The SMILES string of the molecule is CC(N)C(=O)Nc1cc(F)cc(N2CCOCC2)c1.Cl. The first-order chi connectivity index (χ1) is 9.06. The molecule has 0 spiro atoms. The first kappa shape index (κ1) is 16.7. The van der Waals surface area contributed by atoms with Crippen molar-refractivity contribution in [1.29, 1.82) is 0 Å². The highest BCUT2D eigenvalue weighted by Gasteiger charge is 2.14. The Bertz CT molecular complexity index is 465. The fraction of sp³-hybridized carbons (Fsp3) is 0.462. The van der Waals surface area contributed by atoms with Crippen LogP contribution in [0.2, 0.25) is 0 Å². The number of hydrogen-bond donors (Lipinski definition) is 2. The van der Waals surface area contributed by atoms with E-state index in [-0.39, 0.29) is 24.1 Å². The summed E-state index contributed by atoms with van der Waals surface area (Å²) in [5.41, 5.74) is 6.63. The average Bonchev–Trinajstić information content (AvgIpc) is 2.39. The van der Waals surface area contributed by atoms with Crippen molar-refractivity contribution in [1.82, 2.24) is 0 Å². The Kier molecular flexibility index (Phi) is 6.19. The highest BCUT2D eigenvalue weighted by atomic mass is 35.5. The molecular weight excluding hydrogens is 285 g/mol. The van der Waals surface area contributed by atoms with Crippen molar-refractivity contribution in [2.75, 3.05) is 36.5 Å². The normalized spacial score (nSPS) is 16.2. The number of hydrogen-bond acceptors (Lipinski definition) is 4. The number of nitrogens with one attached hydrogen (secondary N) is 1. The molecule has 20 heavy (non-hydrogen) atoms. The molecule has 1 aliphatic heterocycles. The molecule has 1 saturated heterocycles. The van der Waals surface area contributed by atoms with Gasteiger partial charge in [0, 0.05) is 24.5 Å². The summed E-state index contributed by atoms with van der Waals surface area (Å²) >= 11 is 0. The lowest BCUT2D eigenvalue weighted by molar-refractivity contribution is -0.117. The minimum absolute atomic E-state index is 0. The summed E-state index contributed by atoms with van der Waals surface area (Å²) in [6, 6.07) is 3.85. The van der Waals surface area contributed by atoms with Gasteiger partial charge in [-0.3, -0.25) is 4.79 Å². The van der Waals surface area contributed by atoms with Crippen molar-refractivity contribution >= 4 is 29.7 Å². The Labute approximate surface area is 123 Å². The number of amides is 1. The van der Waals surface area contributed by atoms with Crippen molar-refractivity contribution in [3.05, 3.63) is 24.0 Å². The number of morpholine rings is 1. The zero-order valence-corrected chi connectivity index (χ0v) is 12.1. The molecule has 5 nitrogen and oxygen atoms in total. The number of anilines is 2. The number of carbonyl (C=O) groups is 1. The van der Waals surface area contributed by atoms with E-state index in [0.29, 0.717) is 32.0 Å². The van der Waals surface area contributed by atoms with Crippen LogP contribution in [0.3, 0.4) is 0 Å². The molecule has 1 amide bonds. The fourth-order valence-corrected chi connectivity index (χ4v) is 1.91. The van der Waals surface area contributed by atoms with Gasteiger partial charge in [-0.25, -0.2) is 4.39 Å². The highest BCUT2D eigenvalue weighted by molar-refractivity contribution is 5.94. The van der Waals surface area contributed by atoms with Crippen molar-refractivity contribution in [2.45, 2.75) is 13.0 Å². The molecule has 1 fully saturated rings. The summed E-state index contributed by atoms with van der Waals surface area (Å²) in [5, 5.41) is 2.60. The van der Waals surface area contributed by atoms with Gasteiger partial charge in [-0.05, 0) is 25.1 Å². The van der Waals surface area contributed by atoms with Gasteiger partial charge in [0.25, 0.3) is 0 Å². The predicted molar refractivity (Wildman–Crippen MR) is 79.0 cm³/mol. The lowest BCUT2D eigenvalue weighted by atomic mass is 10.2. The van der Waals surface area contributed by atoms with Crippen molar-refractivity contribution < 1.29 is 13.9 Å². The molecule has 1 aromatic rings. The van der Waals surface area contributed by atoms with Crippen LogP contribution in [0.1, 0.15) is 6.92 Å². The molecule has 3 N–H and O–H groups in total. The van der Waals surface area contributed by atoms with E-state index in [4.69, 9.17) is 10.5 Å². The number of nitrogens with two attached hydrogens (primary N) is 1. The fourth-order valence-electron chi connectivity index (χ4n) is 1.91. The Morgan fingerprint density at radius 1 is 1.40 bits per heavy atom. The smallest absolute Gasteiger partial charge is 0.241 e. The molecule has 0 bridgehead atoms. The number of carbonyl (C=O) groups excluding carboxylic acids is 1. The third-order valence-corrected chi connectivity index (χ3v) is 2.94. The van der Waals surface area contributed by atoms with Crippen molar-refractivity contribution in [2.24, 2.45) is 5.73 Å². The summed E-state index contributed by atoms with van der Waals surface area (Å²) in [7, 11) is 0. The van der Waals surface area contributed by atoms with Crippen LogP contribution in [-0.4, -0.2) is 38.3 Å². The third-order valence-electron chi connectivity index (χ3n) is 2.94. The van der Waals surface area contributed by atoms with Gasteiger partial charge < -0.3 is 20.7 Å². The molecule has 0 aromatic heterocycles. The second-order valence-electron chi connectivity index (χ2n) is 4.58. The topological polar surface area (TPSA) is 67.6 Å². The van der Waals surface area contributed by atoms with Gasteiger partial charge in [0.15, 0.2) is 0 Å². The Hall–Kier alpha value is -1.37. The summed E-state index contributed by atoms with van der Waals surface area (Å²) in [6.45, 7) is 4.25. The zero-order chi connectivity index (χ0) is 13.8. The summed E-state index contributed by atoms with van der Waals surface area (Å²) in [4.78, 5) is 13.5. The lowest BCUT2D eigenvalue weighted by Gasteiger charge is -2.29. The van der Waals surface area contributed by atoms with E-state index in [1.165, 1.54) is 12.1 Å². The van der Waals surface area contributed by atoms with Crippen LogP contribution in [0.15, 0.2) is 18.2 Å². The number of ether oxygens (including phenoxy) is 1. The minimum Gasteiger partial charge on any atom is -0.378 e. The standard InChI is InChI=1S/C13H18FN3O2.ClH/c1-9(15)13(18)16-11-6-10(14)7-12(8-11)17-2-4-19-5-3-17;/h6-9H,2-5,15H2,1H3,(H,16,18);1H. The van der Waals surface area contributed by atoms with Gasteiger partial charge in [-0.2, -0.15) is 0 Å². The number of benzene rings is 1. The number of halogens is 2. The van der Waals surface area contributed by atoms with Crippen molar-refractivity contribution in [3.8, 4) is 0 Å². The maximum Gasteiger partial charge on any atom is 0.241 e. The molecular formula is C13H19ClFN3O2. The van der Waals surface area contributed by atoms with E-state index in [9.17, 15) is 9.18 Å². The average molecular weight is 304 g/mol. The van der Waals surface area contributed by atoms with E-state index in [2.05, 4.69) is 5.32 Å². The molecule has 2 rings (SSSR count). The minimum atomic E-state index is -0.630. The van der Waals surface area contributed by atoms with E-state index in [1.807, 2.05) is 4.90 Å².